The molecule has 2 aromatic rings. The van der Waals surface area contributed by atoms with Crippen LogP contribution in [0.25, 0.3) is 6.08 Å². The molecule has 0 saturated heterocycles. The fraction of sp³-hybridized carbons (Fsp3) is 0.385. The van der Waals surface area contributed by atoms with E-state index in [9.17, 15) is 10.1 Å². The molecule has 0 atom stereocenters. The number of unbranched alkanes of at least 4 members (excludes halogenated alkanes) is 5. The Morgan fingerprint density at radius 2 is 1.69 bits per heavy atom. The van der Waals surface area contributed by atoms with Gasteiger partial charge in [-0.25, -0.2) is 0 Å². The summed E-state index contributed by atoms with van der Waals surface area (Å²) >= 11 is 0. The van der Waals surface area contributed by atoms with Crippen LogP contribution in [0.5, 0.6) is 17.2 Å². The standard InChI is InChI=1S/C26H32N2O4/c1-4-5-6-7-8-9-16-32-24-15-10-20(18-25(24)31-3)17-21(19-27)26(29)28-22-11-13-23(30-2)14-12-22/h10-15,17-18H,4-9,16H2,1-3H3,(H,28,29)/b21-17-. The van der Waals surface area contributed by atoms with E-state index in [-0.39, 0.29) is 5.57 Å². The monoisotopic (exact) mass is 436 g/mol. The average molecular weight is 437 g/mol. The van der Waals surface area contributed by atoms with E-state index in [2.05, 4.69) is 12.2 Å². The Balaban J connectivity index is 1.99. The van der Waals surface area contributed by atoms with Gasteiger partial charge < -0.3 is 19.5 Å². The van der Waals surface area contributed by atoms with Gasteiger partial charge >= 0.3 is 0 Å². The minimum Gasteiger partial charge on any atom is -0.497 e. The van der Waals surface area contributed by atoms with Crippen molar-refractivity contribution in [3.63, 3.8) is 0 Å². The number of carbonyl (C=O) groups is 1. The predicted molar refractivity (Wildman–Crippen MR) is 127 cm³/mol. The number of rotatable bonds is 13. The number of hydrogen-bond donors (Lipinski definition) is 1. The number of hydrogen-bond acceptors (Lipinski definition) is 5. The van der Waals surface area contributed by atoms with Gasteiger partial charge in [0.25, 0.3) is 5.91 Å². The molecule has 0 heterocycles. The van der Waals surface area contributed by atoms with Crippen LogP contribution in [0, 0.1) is 11.3 Å². The van der Waals surface area contributed by atoms with E-state index >= 15 is 0 Å². The molecule has 0 saturated carbocycles. The van der Waals surface area contributed by atoms with Gasteiger partial charge in [0, 0.05) is 5.69 Å². The van der Waals surface area contributed by atoms with Gasteiger partial charge in [0.05, 0.1) is 20.8 Å². The number of amides is 1. The normalized spacial score (nSPS) is 10.9. The molecule has 0 bridgehead atoms. The number of anilines is 1. The molecule has 0 aromatic heterocycles. The van der Waals surface area contributed by atoms with Crippen molar-refractivity contribution in [2.75, 3.05) is 26.1 Å². The highest BCUT2D eigenvalue weighted by molar-refractivity contribution is 6.09. The Morgan fingerprint density at radius 1 is 0.969 bits per heavy atom. The number of benzene rings is 2. The Kier molecular flexibility index (Phi) is 10.7. The Labute approximate surface area is 190 Å². The van der Waals surface area contributed by atoms with Crippen LogP contribution < -0.4 is 19.5 Å². The van der Waals surface area contributed by atoms with Crippen molar-refractivity contribution in [3.8, 4) is 23.3 Å². The van der Waals surface area contributed by atoms with Crippen molar-refractivity contribution >= 4 is 17.7 Å². The maximum Gasteiger partial charge on any atom is 0.266 e. The third kappa shape index (κ3) is 7.99. The largest absolute Gasteiger partial charge is 0.497 e. The molecule has 0 aliphatic carbocycles. The maximum absolute atomic E-state index is 12.5. The Hall–Kier alpha value is -3.46. The lowest BCUT2D eigenvalue weighted by Gasteiger charge is -2.11. The van der Waals surface area contributed by atoms with Crippen LogP contribution in [0.4, 0.5) is 5.69 Å². The molecule has 2 rings (SSSR count). The summed E-state index contributed by atoms with van der Waals surface area (Å²) in [5.74, 6) is 1.42. The average Bonchev–Trinajstić information content (AvgIpc) is 2.82. The second kappa shape index (κ2) is 13.8. The van der Waals surface area contributed by atoms with Crippen LogP contribution in [0.2, 0.25) is 0 Å². The molecule has 0 aliphatic rings. The summed E-state index contributed by atoms with van der Waals surface area (Å²) in [6, 6.07) is 14.2. The van der Waals surface area contributed by atoms with Gasteiger partial charge in [-0.2, -0.15) is 5.26 Å². The van der Waals surface area contributed by atoms with E-state index in [1.165, 1.54) is 31.8 Å². The SMILES string of the molecule is CCCCCCCCOc1ccc(/C=C(/C#N)C(=O)Nc2ccc(OC)cc2)cc1OC. The summed E-state index contributed by atoms with van der Waals surface area (Å²) in [7, 11) is 3.14. The van der Waals surface area contributed by atoms with Crippen LogP contribution in [-0.2, 0) is 4.79 Å². The van der Waals surface area contributed by atoms with Crippen molar-refractivity contribution in [1.82, 2.24) is 0 Å². The number of ether oxygens (including phenoxy) is 3. The summed E-state index contributed by atoms with van der Waals surface area (Å²) in [6.45, 7) is 2.84. The summed E-state index contributed by atoms with van der Waals surface area (Å²) in [4.78, 5) is 12.5. The first-order valence-corrected chi connectivity index (χ1v) is 11.0. The van der Waals surface area contributed by atoms with Crippen molar-refractivity contribution in [1.29, 1.82) is 5.26 Å². The molecule has 6 heteroatoms. The fourth-order valence-corrected chi connectivity index (χ4v) is 3.15. The van der Waals surface area contributed by atoms with Gasteiger partial charge in [0.15, 0.2) is 11.5 Å². The van der Waals surface area contributed by atoms with Crippen molar-refractivity contribution in [3.05, 3.63) is 53.6 Å². The second-order valence-corrected chi connectivity index (χ2v) is 7.38. The second-order valence-electron chi connectivity index (χ2n) is 7.38. The van der Waals surface area contributed by atoms with E-state index in [1.807, 2.05) is 6.07 Å². The van der Waals surface area contributed by atoms with Crippen LogP contribution in [-0.4, -0.2) is 26.7 Å². The van der Waals surface area contributed by atoms with Gasteiger partial charge in [-0.1, -0.05) is 45.1 Å². The molecular formula is C26H32N2O4. The number of nitrogens with zero attached hydrogens (tertiary/aromatic N) is 1. The third-order valence-electron chi connectivity index (χ3n) is 4.97. The lowest BCUT2D eigenvalue weighted by Crippen LogP contribution is -2.13. The van der Waals surface area contributed by atoms with Gasteiger partial charge in [0.2, 0.25) is 0 Å². The van der Waals surface area contributed by atoms with Gasteiger partial charge in [-0.3, -0.25) is 4.79 Å². The zero-order valence-corrected chi connectivity index (χ0v) is 19.1. The minimum atomic E-state index is -0.486. The molecule has 32 heavy (non-hydrogen) atoms. The molecule has 6 nitrogen and oxygen atoms in total. The fourth-order valence-electron chi connectivity index (χ4n) is 3.15. The van der Waals surface area contributed by atoms with Crippen LogP contribution in [0.1, 0.15) is 51.0 Å². The van der Waals surface area contributed by atoms with Crippen LogP contribution >= 0.6 is 0 Å². The molecule has 2 aromatic carbocycles. The molecule has 0 fully saturated rings. The molecular weight excluding hydrogens is 404 g/mol. The Morgan fingerprint density at radius 3 is 2.34 bits per heavy atom. The molecule has 170 valence electrons. The maximum atomic E-state index is 12.5. The zero-order chi connectivity index (χ0) is 23.2. The van der Waals surface area contributed by atoms with Crippen molar-refractivity contribution < 1.29 is 19.0 Å². The lowest BCUT2D eigenvalue weighted by molar-refractivity contribution is -0.112. The number of nitrogens with one attached hydrogen (secondary N) is 1. The van der Waals surface area contributed by atoms with E-state index in [0.717, 1.165) is 12.8 Å². The molecule has 0 spiro atoms. The number of carbonyl (C=O) groups excluding carboxylic acids is 1. The van der Waals surface area contributed by atoms with E-state index < -0.39 is 5.91 Å². The topological polar surface area (TPSA) is 80.6 Å². The van der Waals surface area contributed by atoms with Gasteiger partial charge in [-0.05, 0) is 54.5 Å². The minimum absolute atomic E-state index is 0.0105. The summed E-state index contributed by atoms with van der Waals surface area (Å²) in [6.07, 6.45) is 8.70. The quantitative estimate of drug-likeness (QED) is 0.237. The van der Waals surface area contributed by atoms with Gasteiger partial charge in [-0.15, -0.1) is 0 Å². The van der Waals surface area contributed by atoms with Crippen LogP contribution in [0.15, 0.2) is 48.0 Å². The molecule has 1 N–H and O–H groups in total. The highest BCUT2D eigenvalue weighted by Gasteiger charge is 2.11. The summed E-state index contributed by atoms with van der Waals surface area (Å²) in [5, 5.41) is 12.2. The van der Waals surface area contributed by atoms with E-state index in [1.54, 1.807) is 56.7 Å². The van der Waals surface area contributed by atoms with Crippen LogP contribution in [0.3, 0.4) is 0 Å². The summed E-state index contributed by atoms with van der Waals surface area (Å²) < 4.78 is 16.4. The first kappa shape index (κ1) is 24.8. The summed E-state index contributed by atoms with van der Waals surface area (Å²) in [5.41, 5.74) is 1.24. The van der Waals surface area contributed by atoms with Gasteiger partial charge in [0.1, 0.15) is 17.4 Å². The molecule has 0 aliphatic heterocycles. The molecule has 1 amide bonds. The van der Waals surface area contributed by atoms with Crippen molar-refractivity contribution in [2.24, 2.45) is 0 Å². The smallest absolute Gasteiger partial charge is 0.266 e. The molecule has 0 radical (unpaired) electrons. The van der Waals surface area contributed by atoms with E-state index in [4.69, 9.17) is 14.2 Å². The first-order chi connectivity index (χ1) is 15.6. The highest BCUT2D eigenvalue weighted by Crippen LogP contribution is 2.29. The lowest BCUT2D eigenvalue weighted by atomic mass is 10.1. The molecule has 0 unspecified atom stereocenters. The van der Waals surface area contributed by atoms with E-state index in [0.29, 0.717) is 35.1 Å². The number of nitriles is 1. The predicted octanol–water partition coefficient (Wildman–Crippen LogP) is 5.99. The Bertz CT molecular complexity index is 930. The van der Waals surface area contributed by atoms with Crippen molar-refractivity contribution in [2.45, 2.75) is 45.4 Å². The number of methoxy groups -OCH3 is 2. The third-order valence-corrected chi connectivity index (χ3v) is 4.97. The zero-order valence-electron chi connectivity index (χ0n) is 19.1. The first-order valence-electron chi connectivity index (χ1n) is 11.0. The highest BCUT2D eigenvalue weighted by atomic mass is 16.5.